The molecule has 1 aromatic carbocycles. The maximum atomic E-state index is 12.5. The van der Waals surface area contributed by atoms with Crippen LogP contribution in [0.3, 0.4) is 0 Å². The molecule has 3 rings (SSSR count). The van der Waals surface area contributed by atoms with Crippen LogP contribution in [0.25, 0.3) is 11.0 Å². The van der Waals surface area contributed by atoms with Crippen molar-refractivity contribution in [1.29, 1.82) is 0 Å². The molecule has 0 saturated carbocycles. The molecule has 0 aliphatic rings. The second kappa shape index (κ2) is 4.39. The van der Waals surface area contributed by atoms with Crippen molar-refractivity contribution in [3.63, 3.8) is 0 Å². The summed E-state index contributed by atoms with van der Waals surface area (Å²) in [7, 11) is 0. The number of carbonyl (C=O) groups is 1. The molecule has 0 aliphatic carbocycles. The van der Waals surface area contributed by atoms with Crippen LogP contribution in [0, 0.1) is 6.92 Å². The quantitative estimate of drug-likeness (QED) is 0.674. The molecule has 96 valence electrons. The van der Waals surface area contributed by atoms with E-state index in [1.165, 1.54) is 0 Å². The minimum Gasteiger partial charge on any atom is -0.453 e. The highest BCUT2D eigenvalue weighted by molar-refractivity contribution is 6.08. The standard InChI is InChI=1S/C15H14N2O2/c1-3-17-12(8-10(2)16-17)15(18)14-9-11-6-4-5-7-13(11)19-14/h4-9H,3H2,1-2H3. The zero-order chi connectivity index (χ0) is 13.4. The normalized spacial score (nSPS) is 11.1. The molecule has 2 aromatic heterocycles. The van der Waals surface area contributed by atoms with E-state index in [-0.39, 0.29) is 5.78 Å². The maximum absolute atomic E-state index is 12.5. The van der Waals surface area contributed by atoms with Gasteiger partial charge in [0.25, 0.3) is 0 Å². The average molecular weight is 254 g/mol. The van der Waals surface area contributed by atoms with E-state index in [0.29, 0.717) is 18.0 Å². The van der Waals surface area contributed by atoms with Gasteiger partial charge in [-0.15, -0.1) is 0 Å². The molecule has 19 heavy (non-hydrogen) atoms. The van der Waals surface area contributed by atoms with Gasteiger partial charge >= 0.3 is 0 Å². The lowest BCUT2D eigenvalue weighted by molar-refractivity contribution is 0.100. The molecule has 0 amide bonds. The molecule has 0 radical (unpaired) electrons. The second-order valence-corrected chi connectivity index (χ2v) is 4.46. The van der Waals surface area contributed by atoms with E-state index in [2.05, 4.69) is 5.10 Å². The van der Waals surface area contributed by atoms with E-state index >= 15 is 0 Å². The third-order valence-corrected chi connectivity index (χ3v) is 3.08. The number of hydrogen-bond acceptors (Lipinski definition) is 3. The summed E-state index contributed by atoms with van der Waals surface area (Å²) in [6.07, 6.45) is 0. The topological polar surface area (TPSA) is 48.0 Å². The van der Waals surface area contributed by atoms with E-state index in [4.69, 9.17) is 4.42 Å². The maximum Gasteiger partial charge on any atom is 0.246 e. The van der Waals surface area contributed by atoms with Gasteiger partial charge in [-0.25, -0.2) is 0 Å². The zero-order valence-electron chi connectivity index (χ0n) is 10.9. The van der Waals surface area contributed by atoms with Crippen molar-refractivity contribution < 1.29 is 9.21 Å². The van der Waals surface area contributed by atoms with Crippen molar-refractivity contribution in [2.75, 3.05) is 0 Å². The summed E-state index contributed by atoms with van der Waals surface area (Å²) < 4.78 is 7.30. The van der Waals surface area contributed by atoms with Crippen molar-refractivity contribution in [3.8, 4) is 0 Å². The molecule has 0 saturated heterocycles. The number of hydrogen-bond donors (Lipinski definition) is 0. The molecule has 0 N–H and O–H groups in total. The van der Waals surface area contributed by atoms with Crippen molar-refractivity contribution >= 4 is 16.8 Å². The number of ketones is 1. The Kier molecular flexibility index (Phi) is 2.71. The summed E-state index contributed by atoms with van der Waals surface area (Å²) in [5, 5.41) is 5.22. The largest absolute Gasteiger partial charge is 0.453 e. The highest BCUT2D eigenvalue weighted by Gasteiger charge is 2.19. The highest BCUT2D eigenvalue weighted by atomic mass is 16.3. The van der Waals surface area contributed by atoms with Crippen molar-refractivity contribution in [1.82, 2.24) is 9.78 Å². The summed E-state index contributed by atoms with van der Waals surface area (Å²) >= 11 is 0. The lowest BCUT2D eigenvalue weighted by atomic mass is 10.2. The van der Waals surface area contributed by atoms with Crippen molar-refractivity contribution in [2.24, 2.45) is 0 Å². The Balaban J connectivity index is 2.07. The SMILES string of the molecule is CCn1nc(C)cc1C(=O)c1cc2ccccc2o1. The fraction of sp³-hybridized carbons (Fsp3) is 0.200. The van der Waals surface area contributed by atoms with Gasteiger partial charge in [-0.3, -0.25) is 9.48 Å². The van der Waals surface area contributed by atoms with Crippen LogP contribution in [0.5, 0.6) is 0 Å². The van der Waals surface area contributed by atoms with E-state index in [9.17, 15) is 4.79 Å². The molecule has 0 spiro atoms. The Labute approximate surface area is 110 Å². The first-order chi connectivity index (χ1) is 9.19. The number of rotatable bonds is 3. The molecule has 0 bridgehead atoms. The van der Waals surface area contributed by atoms with Gasteiger partial charge < -0.3 is 4.42 Å². The molecule has 4 heteroatoms. The smallest absolute Gasteiger partial charge is 0.246 e. The monoisotopic (exact) mass is 254 g/mol. The van der Waals surface area contributed by atoms with Gasteiger partial charge in [0.1, 0.15) is 11.3 Å². The van der Waals surface area contributed by atoms with E-state index in [0.717, 1.165) is 16.7 Å². The summed E-state index contributed by atoms with van der Waals surface area (Å²) in [5.74, 6) is 0.231. The Hall–Kier alpha value is -2.36. The zero-order valence-corrected chi connectivity index (χ0v) is 10.9. The van der Waals surface area contributed by atoms with E-state index in [1.54, 1.807) is 16.8 Å². The summed E-state index contributed by atoms with van der Waals surface area (Å²) in [6, 6.07) is 11.2. The Bertz CT molecular complexity index is 719. The van der Waals surface area contributed by atoms with Crippen molar-refractivity contribution in [3.05, 3.63) is 53.5 Å². The minimum atomic E-state index is -0.126. The first kappa shape index (κ1) is 11.7. The van der Waals surface area contributed by atoms with Crippen LogP contribution in [0.15, 0.2) is 40.8 Å². The van der Waals surface area contributed by atoms with E-state index in [1.807, 2.05) is 38.1 Å². The molecular formula is C15H14N2O2. The molecular weight excluding hydrogens is 240 g/mol. The van der Waals surface area contributed by atoms with Gasteiger partial charge in [0, 0.05) is 11.9 Å². The van der Waals surface area contributed by atoms with Gasteiger partial charge in [-0.2, -0.15) is 5.10 Å². The second-order valence-electron chi connectivity index (χ2n) is 4.46. The summed E-state index contributed by atoms with van der Waals surface area (Å²) in [4.78, 5) is 12.5. The lowest BCUT2D eigenvalue weighted by Gasteiger charge is -2.00. The highest BCUT2D eigenvalue weighted by Crippen LogP contribution is 2.21. The molecule has 3 aromatic rings. The van der Waals surface area contributed by atoms with Crippen LogP contribution in [-0.2, 0) is 6.54 Å². The predicted octanol–water partition coefficient (Wildman–Crippen LogP) is 3.19. The molecule has 2 heterocycles. The molecule has 4 nitrogen and oxygen atoms in total. The first-order valence-corrected chi connectivity index (χ1v) is 6.26. The summed E-state index contributed by atoms with van der Waals surface area (Å²) in [6.45, 7) is 4.50. The number of nitrogens with zero attached hydrogens (tertiary/aromatic N) is 2. The van der Waals surface area contributed by atoms with Crippen LogP contribution < -0.4 is 0 Å². The number of furan rings is 1. The molecule has 0 aliphatic heterocycles. The molecule has 0 fully saturated rings. The van der Waals surface area contributed by atoms with Gasteiger partial charge in [0.2, 0.25) is 5.78 Å². The number of para-hydroxylation sites is 1. The van der Waals surface area contributed by atoms with Gasteiger partial charge in [0.05, 0.1) is 5.69 Å². The van der Waals surface area contributed by atoms with Crippen LogP contribution in [-0.4, -0.2) is 15.6 Å². The fourth-order valence-corrected chi connectivity index (χ4v) is 2.19. The average Bonchev–Trinajstić information content (AvgIpc) is 3.00. The van der Waals surface area contributed by atoms with E-state index < -0.39 is 0 Å². The Morgan fingerprint density at radius 2 is 2.11 bits per heavy atom. The number of aryl methyl sites for hydroxylation is 2. The number of fused-ring (bicyclic) bond motifs is 1. The molecule has 0 atom stereocenters. The lowest BCUT2D eigenvalue weighted by Crippen LogP contribution is -2.09. The first-order valence-electron chi connectivity index (χ1n) is 6.26. The van der Waals surface area contributed by atoms with Crippen LogP contribution in [0.4, 0.5) is 0 Å². The van der Waals surface area contributed by atoms with Crippen molar-refractivity contribution in [2.45, 2.75) is 20.4 Å². The Morgan fingerprint density at radius 3 is 2.84 bits per heavy atom. The number of carbonyl (C=O) groups excluding carboxylic acids is 1. The van der Waals surface area contributed by atoms with Gasteiger partial charge in [0.15, 0.2) is 5.76 Å². The van der Waals surface area contributed by atoms with Crippen LogP contribution in [0.1, 0.15) is 28.9 Å². The third-order valence-electron chi connectivity index (χ3n) is 3.08. The van der Waals surface area contributed by atoms with Gasteiger partial charge in [-0.1, -0.05) is 18.2 Å². The molecule has 0 unspecified atom stereocenters. The third kappa shape index (κ3) is 1.95. The van der Waals surface area contributed by atoms with Gasteiger partial charge in [-0.05, 0) is 32.0 Å². The number of benzene rings is 1. The predicted molar refractivity (Wildman–Crippen MR) is 72.3 cm³/mol. The van der Waals surface area contributed by atoms with Crippen LogP contribution >= 0.6 is 0 Å². The number of aromatic nitrogens is 2. The Morgan fingerprint density at radius 1 is 1.32 bits per heavy atom. The van der Waals surface area contributed by atoms with Crippen LogP contribution in [0.2, 0.25) is 0 Å². The minimum absolute atomic E-state index is 0.126. The fourth-order valence-electron chi connectivity index (χ4n) is 2.19. The summed E-state index contributed by atoms with van der Waals surface area (Å²) in [5.41, 5.74) is 2.13.